The van der Waals surface area contributed by atoms with Crippen LogP contribution >= 0.6 is 11.6 Å². The minimum absolute atomic E-state index is 0.0174. The first kappa shape index (κ1) is 21.0. The van der Waals surface area contributed by atoms with Gasteiger partial charge in [-0.2, -0.15) is 15.6 Å². The van der Waals surface area contributed by atoms with Crippen LogP contribution in [0.1, 0.15) is 33.9 Å². The third-order valence-corrected chi connectivity index (χ3v) is 4.76. The first-order chi connectivity index (χ1) is 14.4. The molecule has 1 unspecified atom stereocenters. The minimum atomic E-state index is -0.915. The van der Waals surface area contributed by atoms with E-state index in [2.05, 4.69) is 10.2 Å². The van der Waals surface area contributed by atoms with E-state index >= 15 is 4.39 Å². The molecule has 0 spiro atoms. The van der Waals surface area contributed by atoms with E-state index in [9.17, 15) is 20.4 Å². The molecule has 3 rings (SSSR count). The highest BCUT2D eigenvalue weighted by Gasteiger charge is 2.25. The summed E-state index contributed by atoms with van der Waals surface area (Å²) in [6.07, 6.45) is 0. The van der Waals surface area contributed by atoms with Gasteiger partial charge in [0.15, 0.2) is 17.3 Å². The molecule has 3 aromatic rings. The molecule has 1 aromatic heterocycles. The topological polar surface area (TPSA) is 123 Å². The number of H-pyrrole nitrogens is 1. The number of aromatic nitrogens is 2. The second kappa shape index (κ2) is 8.75. The predicted molar refractivity (Wildman–Crippen MR) is 106 cm³/mol. The van der Waals surface area contributed by atoms with E-state index in [1.807, 2.05) is 12.1 Å². The van der Waals surface area contributed by atoms with Crippen LogP contribution in [0.25, 0.3) is 0 Å². The fourth-order valence-corrected chi connectivity index (χ4v) is 3.07. The van der Waals surface area contributed by atoms with Crippen LogP contribution in [0, 0.1) is 35.4 Å². The highest BCUT2D eigenvalue weighted by atomic mass is 35.5. The van der Waals surface area contributed by atoms with Crippen LogP contribution < -0.4 is 10.3 Å². The van der Waals surface area contributed by atoms with Crippen molar-refractivity contribution >= 4 is 11.6 Å². The van der Waals surface area contributed by atoms with Crippen molar-refractivity contribution in [3.8, 4) is 23.6 Å². The number of hydrogen-bond acceptors (Lipinski definition) is 6. The Morgan fingerprint density at radius 3 is 2.47 bits per heavy atom. The molecule has 0 aliphatic heterocycles. The van der Waals surface area contributed by atoms with E-state index in [4.69, 9.17) is 16.3 Å². The zero-order chi connectivity index (χ0) is 21.8. The van der Waals surface area contributed by atoms with Gasteiger partial charge in [-0.05, 0) is 31.2 Å². The Balaban J connectivity index is 2.13. The third kappa shape index (κ3) is 3.87. The van der Waals surface area contributed by atoms with Gasteiger partial charge in [0.1, 0.15) is 12.1 Å². The SMILES string of the molecule is Cc1cc(C(CO)c2ccc(Cl)c(Oc3c(C#N)cccc3C#N)c2F)n[nH]c1=O. The van der Waals surface area contributed by atoms with Crippen molar-refractivity contribution < 1.29 is 14.2 Å². The molecular formula is C21H14ClFN4O3. The number of para-hydroxylation sites is 1. The summed E-state index contributed by atoms with van der Waals surface area (Å²) in [5.74, 6) is -2.32. The number of halogens is 2. The van der Waals surface area contributed by atoms with Crippen LogP contribution in [0.2, 0.25) is 5.02 Å². The molecular weight excluding hydrogens is 411 g/mol. The standard InChI is InChI=1S/C21H14ClFN4O3/c1-11-7-17(26-27-21(11)29)15(10-28)14-5-6-16(22)20(18(14)23)30-19-12(8-24)3-2-4-13(19)9-25/h2-7,15,28H,10H2,1H3,(H,27,29). The van der Waals surface area contributed by atoms with Gasteiger partial charge in [-0.15, -0.1) is 0 Å². The number of nitrogens with zero attached hydrogens (tertiary/aromatic N) is 3. The summed E-state index contributed by atoms with van der Waals surface area (Å²) >= 11 is 6.13. The van der Waals surface area contributed by atoms with Gasteiger partial charge in [0.05, 0.1) is 34.4 Å². The number of aryl methyl sites for hydroxylation is 1. The quantitative estimate of drug-likeness (QED) is 0.645. The van der Waals surface area contributed by atoms with E-state index in [0.717, 1.165) is 0 Å². The number of nitriles is 2. The van der Waals surface area contributed by atoms with Gasteiger partial charge in [-0.25, -0.2) is 9.49 Å². The molecule has 30 heavy (non-hydrogen) atoms. The number of aliphatic hydroxyl groups is 1. The molecule has 0 radical (unpaired) electrons. The second-order valence-corrected chi connectivity index (χ2v) is 6.73. The van der Waals surface area contributed by atoms with E-state index in [0.29, 0.717) is 5.56 Å². The van der Waals surface area contributed by atoms with Gasteiger partial charge in [-0.1, -0.05) is 23.7 Å². The highest BCUT2D eigenvalue weighted by molar-refractivity contribution is 6.32. The zero-order valence-corrected chi connectivity index (χ0v) is 16.4. The molecule has 0 aliphatic carbocycles. The van der Waals surface area contributed by atoms with E-state index in [1.165, 1.54) is 36.4 Å². The summed E-state index contributed by atoms with van der Waals surface area (Å²) < 4.78 is 21.0. The Labute approximate surface area is 175 Å². The average Bonchev–Trinajstić information content (AvgIpc) is 2.75. The Hall–Kier alpha value is -3.72. The van der Waals surface area contributed by atoms with Crippen molar-refractivity contribution in [2.45, 2.75) is 12.8 Å². The van der Waals surface area contributed by atoms with Crippen molar-refractivity contribution in [2.75, 3.05) is 6.61 Å². The van der Waals surface area contributed by atoms with Crippen molar-refractivity contribution in [1.82, 2.24) is 10.2 Å². The lowest BCUT2D eigenvalue weighted by atomic mass is 9.94. The molecule has 0 amide bonds. The van der Waals surface area contributed by atoms with Gasteiger partial charge >= 0.3 is 0 Å². The molecule has 0 aliphatic rings. The fraction of sp³-hybridized carbons (Fsp3) is 0.143. The van der Waals surface area contributed by atoms with E-state index < -0.39 is 29.7 Å². The summed E-state index contributed by atoms with van der Waals surface area (Å²) in [5, 5.41) is 34.6. The van der Waals surface area contributed by atoms with Crippen molar-refractivity contribution in [2.24, 2.45) is 0 Å². The number of nitrogens with one attached hydrogen (secondary N) is 1. The fourth-order valence-electron chi connectivity index (χ4n) is 2.89. The molecule has 2 N–H and O–H groups in total. The molecule has 2 aromatic carbocycles. The lowest BCUT2D eigenvalue weighted by molar-refractivity contribution is 0.275. The minimum Gasteiger partial charge on any atom is -0.450 e. The predicted octanol–water partition coefficient (Wildman–Crippen LogP) is 3.53. The normalized spacial score (nSPS) is 11.4. The van der Waals surface area contributed by atoms with Crippen LogP contribution in [-0.4, -0.2) is 21.9 Å². The molecule has 9 heteroatoms. The number of aliphatic hydroxyl groups excluding tert-OH is 1. The Morgan fingerprint density at radius 2 is 1.90 bits per heavy atom. The summed E-state index contributed by atoms with van der Waals surface area (Å²) in [4.78, 5) is 11.6. The Morgan fingerprint density at radius 1 is 1.23 bits per heavy atom. The lowest BCUT2D eigenvalue weighted by Gasteiger charge is -2.18. The Kier molecular flexibility index (Phi) is 6.12. The van der Waals surface area contributed by atoms with Crippen molar-refractivity contribution in [1.29, 1.82) is 10.5 Å². The van der Waals surface area contributed by atoms with Gasteiger partial charge in [0.2, 0.25) is 0 Å². The number of hydrogen-bond donors (Lipinski definition) is 2. The molecule has 1 heterocycles. The number of benzene rings is 2. The lowest BCUT2D eigenvalue weighted by Crippen LogP contribution is -2.17. The van der Waals surface area contributed by atoms with Crippen LogP contribution in [-0.2, 0) is 0 Å². The van der Waals surface area contributed by atoms with Crippen molar-refractivity contribution in [3.63, 3.8) is 0 Å². The van der Waals surface area contributed by atoms with Gasteiger partial charge in [0, 0.05) is 11.1 Å². The van der Waals surface area contributed by atoms with E-state index in [1.54, 1.807) is 6.92 Å². The largest absolute Gasteiger partial charge is 0.450 e. The maximum atomic E-state index is 15.4. The molecule has 0 saturated carbocycles. The van der Waals surface area contributed by atoms with Crippen LogP contribution in [0.5, 0.6) is 11.5 Å². The Bertz CT molecular complexity index is 1230. The summed E-state index contributed by atoms with van der Waals surface area (Å²) in [7, 11) is 0. The average molecular weight is 425 g/mol. The smallest absolute Gasteiger partial charge is 0.267 e. The first-order valence-corrected chi connectivity index (χ1v) is 9.05. The second-order valence-electron chi connectivity index (χ2n) is 6.33. The monoisotopic (exact) mass is 424 g/mol. The maximum absolute atomic E-state index is 15.4. The summed E-state index contributed by atoms with van der Waals surface area (Å²) in [6.45, 7) is 1.06. The highest BCUT2D eigenvalue weighted by Crippen LogP contribution is 2.39. The molecule has 0 bridgehead atoms. The molecule has 150 valence electrons. The van der Waals surface area contributed by atoms with Crippen LogP contribution in [0.3, 0.4) is 0 Å². The van der Waals surface area contributed by atoms with Crippen molar-refractivity contribution in [3.05, 3.63) is 85.5 Å². The van der Waals surface area contributed by atoms with Gasteiger partial charge in [0.25, 0.3) is 5.56 Å². The maximum Gasteiger partial charge on any atom is 0.267 e. The third-order valence-electron chi connectivity index (χ3n) is 4.46. The number of rotatable bonds is 5. The van der Waals surface area contributed by atoms with Gasteiger partial charge < -0.3 is 9.84 Å². The number of ether oxygens (including phenoxy) is 1. The summed E-state index contributed by atoms with van der Waals surface area (Å²) in [5.41, 5.74) is 0.290. The number of aromatic amines is 1. The molecule has 0 saturated heterocycles. The summed E-state index contributed by atoms with van der Waals surface area (Å²) in [6, 6.07) is 12.3. The molecule has 0 fully saturated rings. The zero-order valence-electron chi connectivity index (χ0n) is 15.6. The first-order valence-electron chi connectivity index (χ1n) is 8.67. The molecule has 1 atom stereocenters. The molecule has 7 nitrogen and oxygen atoms in total. The van der Waals surface area contributed by atoms with Crippen LogP contribution in [0.15, 0.2) is 41.2 Å². The van der Waals surface area contributed by atoms with Gasteiger partial charge in [-0.3, -0.25) is 4.79 Å². The van der Waals surface area contributed by atoms with E-state index in [-0.39, 0.29) is 33.2 Å². The van der Waals surface area contributed by atoms with Crippen LogP contribution in [0.4, 0.5) is 4.39 Å².